The van der Waals surface area contributed by atoms with Crippen LogP contribution in [-0.4, -0.2) is 0 Å². The van der Waals surface area contributed by atoms with Crippen LogP contribution in [0.3, 0.4) is 0 Å². The number of furan rings is 2. The Kier molecular flexibility index (Phi) is 6.55. The lowest BCUT2D eigenvalue weighted by Crippen LogP contribution is -2.11. The molecule has 0 spiro atoms. The second kappa shape index (κ2) is 11.7. The maximum atomic E-state index is 6.51. The van der Waals surface area contributed by atoms with E-state index in [9.17, 15) is 0 Å². The third-order valence-electron chi connectivity index (χ3n) is 10.7. The van der Waals surface area contributed by atoms with Gasteiger partial charge in [0.15, 0.2) is 0 Å². The molecular weight excluding hydrogens is 647 g/mol. The number of anilines is 3. The molecule has 0 aliphatic rings. The van der Waals surface area contributed by atoms with Gasteiger partial charge < -0.3 is 13.7 Å². The fourth-order valence-electron chi connectivity index (χ4n) is 8.20. The summed E-state index contributed by atoms with van der Waals surface area (Å²) >= 11 is 0. The van der Waals surface area contributed by atoms with Gasteiger partial charge >= 0.3 is 0 Å². The Morgan fingerprint density at radius 2 is 0.962 bits per heavy atom. The van der Waals surface area contributed by atoms with Crippen LogP contribution in [0.15, 0.2) is 197 Å². The van der Waals surface area contributed by atoms with Crippen LogP contribution >= 0.6 is 0 Å². The Bertz CT molecular complexity index is 3180. The lowest BCUT2D eigenvalue weighted by Gasteiger charge is -2.28. The molecule has 0 saturated heterocycles. The Balaban J connectivity index is 1.13. The van der Waals surface area contributed by atoms with Crippen LogP contribution in [0.2, 0.25) is 0 Å². The van der Waals surface area contributed by atoms with Crippen molar-refractivity contribution in [2.75, 3.05) is 4.90 Å². The minimum Gasteiger partial charge on any atom is -0.456 e. The summed E-state index contributed by atoms with van der Waals surface area (Å²) in [6, 6.07) is 66.8. The first-order valence-corrected chi connectivity index (χ1v) is 18.0. The predicted octanol–water partition coefficient (Wildman–Crippen LogP) is 14.6. The molecule has 0 amide bonds. The molecule has 11 aromatic rings. The number of benzene rings is 9. The molecule has 9 aromatic carbocycles. The van der Waals surface area contributed by atoms with E-state index in [0.29, 0.717) is 0 Å². The summed E-state index contributed by atoms with van der Waals surface area (Å²) in [4.78, 5) is 2.39. The first kappa shape index (κ1) is 29.6. The SMILES string of the molecule is c1ccc(N(c2ccc(-c3cccc4ccccc34)cc2)c2cccc3oc4ccccc4c23)c(-c2ccc3oc4c5ccccc5ccc4c3c2)c1. The molecule has 0 aliphatic carbocycles. The second-order valence-corrected chi connectivity index (χ2v) is 13.7. The summed E-state index contributed by atoms with van der Waals surface area (Å²) in [6.07, 6.45) is 0. The van der Waals surface area contributed by atoms with E-state index < -0.39 is 0 Å². The van der Waals surface area contributed by atoms with Gasteiger partial charge in [-0.25, -0.2) is 0 Å². The van der Waals surface area contributed by atoms with Gasteiger partial charge in [0.25, 0.3) is 0 Å². The predicted molar refractivity (Wildman–Crippen MR) is 222 cm³/mol. The summed E-state index contributed by atoms with van der Waals surface area (Å²) in [7, 11) is 0. The number of rotatable bonds is 5. The van der Waals surface area contributed by atoms with Gasteiger partial charge in [-0.1, -0.05) is 133 Å². The molecule has 11 rings (SSSR count). The highest BCUT2D eigenvalue weighted by Crippen LogP contribution is 2.47. The maximum Gasteiger partial charge on any atom is 0.143 e. The van der Waals surface area contributed by atoms with E-state index in [1.165, 1.54) is 27.3 Å². The van der Waals surface area contributed by atoms with Gasteiger partial charge in [0, 0.05) is 32.8 Å². The van der Waals surface area contributed by atoms with Crippen LogP contribution in [0.25, 0.3) is 87.7 Å². The van der Waals surface area contributed by atoms with Crippen LogP contribution in [0.4, 0.5) is 17.1 Å². The van der Waals surface area contributed by atoms with Gasteiger partial charge in [0.2, 0.25) is 0 Å². The molecule has 2 aromatic heterocycles. The van der Waals surface area contributed by atoms with Gasteiger partial charge in [0.05, 0.1) is 16.8 Å². The molecule has 0 bridgehead atoms. The molecule has 3 heteroatoms. The van der Waals surface area contributed by atoms with E-state index in [2.05, 4.69) is 181 Å². The Labute approximate surface area is 305 Å². The van der Waals surface area contributed by atoms with E-state index >= 15 is 0 Å². The molecule has 0 aliphatic heterocycles. The average Bonchev–Trinajstić information content (AvgIpc) is 3.80. The van der Waals surface area contributed by atoms with Gasteiger partial charge in [-0.2, -0.15) is 0 Å². The van der Waals surface area contributed by atoms with Crippen molar-refractivity contribution in [3.63, 3.8) is 0 Å². The number of para-hydroxylation sites is 2. The van der Waals surface area contributed by atoms with Crippen LogP contribution in [0, 0.1) is 0 Å². The van der Waals surface area contributed by atoms with Crippen molar-refractivity contribution in [2.45, 2.75) is 0 Å². The smallest absolute Gasteiger partial charge is 0.143 e. The lowest BCUT2D eigenvalue weighted by atomic mass is 9.97. The zero-order valence-electron chi connectivity index (χ0n) is 28.7. The highest BCUT2D eigenvalue weighted by Gasteiger charge is 2.22. The molecule has 0 N–H and O–H groups in total. The molecular formula is C50H31NO2. The van der Waals surface area contributed by atoms with E-state index in [-0.39, 0.29) is 0 Å². The van der Waals surface area contributed by atoms with E-state index in [1.807, 2.05) is 12.1 Å². The molecule has 53 heavy (non-hydrogen) atoms. The first-order chi connectivity index (χ1) is 26.3. The average molecular weight is 678 g/mol. The molecule has 0 atom stereocenters. The van der Waals surface area contributed by atoms with E-state index in [4.69, 9.17) is 8.83 Å². The summed E-state index contributed by atoms with van der Waals surface area (Å²) in [5.74, 6) is 0. The minimum absolute atomic E-state index is 0.858. The topological polar surface area (TPSA) is 29.5 Å². The second-order valence-electron chi connectivity index (χ2n) is 13.7. The Morgan fingerprint density at radius 3 is 1.85 bits per heavy atom. The molecule has 2 heterocycles. The van der Waals surface area contributed by atoms with Crippen molar-refractivity contribution in [2.24, 2.45) is 0 Å². The van der Waals surface area contributed by atoms with Gasteiger partial charge in [0.1, 0.15) is 22.3 Å². The lowest BCUT2D eigenvalue weighted by molar-refractivity contribution is 0.669. The maximum absolute atomic E-state index is 6.51. The zero-order chi connectivity index (χ0) is 34.9. The largest absolute Gasteiger partial charge is 0.456 e. The van der Waals surface area contributed by atoms with Crippen LogP contribution in [0.1, 0.15) is 0 Å². The molecule has 0 saturated carbocycles. The molecule has 3 nitrogen and oxygen atoms in total. The highest BCUT2D eigenvalue weighted by atomic mass is 16.3. The Morgan fingerprint density at radius 1 is 0.340 bits per heavy atom. The van der Waals surface area contributed by atoms with Crippen molar-refractivity contribution in [1.82, 2.24) is 0 Å². The normalized spacial score (nSPS) is 11.8. The minimum atomic E-state index is 0.858. The van der Waals surface area contributed by atoms with Crippen molar-refractivity contribution >= 4 is 82.5 Å². The summed E-state index contributed by atoms with van der Waals surface area (Å²) in [5, 5.41) is 9.18. The Hall–Kier alpha value is -7.10. The number of fused-ring (bicyclic) bond motifs is 9. The standard InChI is InChI=1S/C50H31NO2/c1-3-14-37-32(11-1)13-9-18-38(37)34-23-27-36(28-24-34)51(45-20-10-22-48-49(45)42-17-6-8-21-46(42)52-48)44-19-7-5-15-39(44)35-26-30-47-43(31-35)41-29-25-33-12-2-4-16-40(33)50(41)53-47/h1-31H. The monoisotopic (exact) mass is 677 g/mol. The third-order valence-corrected chi connectivity index (χ3v) is 10.7. The van der Waals surface area contributed by atoms with Gasteiger partial charge in [-0.05, 0) is 87.4 Å². The number of hydrogen-bond donors (Lipinski definition) is 0. The van der Waals surface area contributed by atoms with Gasteiger partial charge in [-0.15, -0.1) is 0 Å². The molecule has 0 unspecified atom stereocenters. The fourth-order valence-corrected chi connectivity index (χ4v) is 8.20. The van der Waals surface area contributed by atoms with Crippen molar-refractivity contribution in [3.8, 4) is 22.3 Å². The molecule has 0 radical (unpaired) electrons. The number of hydrogen-bond acceptors (Lipinski definition) is 3. The van der Waals surface area contributed by atoms with Crippen molar-refractivity contribution in [3.05, 3.63) is 188 Å². The summed E-state index contributed by atoms with van der Waals surface area (Å²) in [5.41, 5.74) is 11.4. The summed E-state index contributed by atoms with van der Waals surface area (Å²) < 4.78 is 12.9. The van der Waals surface area contributed by atoms with Crippen molar-refractivity contribution < 1.29 is 8.83 Å². The van der Waals surface area contributed by atoms with Crippen LogP contribution in [-0.2, 0) is 0 Å². The van der Waals surface area contributed by atoms with Crippen molar-refractivity contribution in [1.29, 1.82) is 0 Å². The zero-order valence-corrected chi connectivity index (χ0v) is 28.7. The third kappa shape index (κ3) is 4.68. The molecule has 248 valence electrons. The molecule has 0 fully saturated rings. The fraction of sp³-hybridized carbons (Fsp3) is 0. The van der Waals surface area contributed by atoms with Crippen LogP contribution < -0.4 is 4.90 Å². The van der Waals surface area contributed by atoms with E-state index in [1.54, 1.807) is 0 Å². The van der Waals surface area contributed by atoms with E-state index in [0.717, 1.165) is 77.5 Å². The highest BCUT2D eigenvalue weighted by molar-refractivity contribution is 6.16. The first-order valence-electron chi connectivity index (χ1n) is 18.0. The quantitative estimate of drug-likeness (QED) is 0.182. The summed E-state index contributed by atoms with van der Waals surface area (Å²) in [6.45, 7) is 0. The van der Waals surface area contributed by atoms with Gasteiger partial charge in [-0.3, -0.25) is 0 Å². The van der Waals surface area contributed by atoms with Crippen LogP contribution in [0.5, 0.6) is 0 Å². The number of nitrogens with zero attached hydrogens (tertiary/aromatic N) is 1.